The molecule has 5 heteroatoms. The first-order valence-corrected chi connectivity index (χ1v) is 6.11. The zero-order valence-electron chi connectivity index (χ0n) is 10.4. The number of aliphatic carboxylic acids is 1. The van der Waals surface area contributed by atoms with Crippen LogP contribution in [0.4, 0.5) is 0 Å². The molecule has 0 aliphatic carbocycles. The Balaban J connectivity index is 2.05. The van der Waals surface area contributed by atoms with Crippen LogP contribution in [0.2, 0.25) is 0 Å². The van der Waals surface area contributed by atoms with Gasteiger partial charge in [-0.2, -0.15) is 5.26 Å². The van der Waals surface area contributed by atoms with Crippen molar-refractivity contribution in [2.75, 3.05) is 13.1 Å². The van der Waals surface area contributed by atoms with Crippen molar-refractivity contribution >= 4 is 11.9 Å². The second-order valence-corrected chi connectivity index (χ2v) is 4.70. The van der Waals surface area contributed by atoms with E-state index < -0.39 is 5.97 Å². The molecule has 98 valence electrons. The Bertz CT molecular complexity index is 548. The van der Waals surface area contributed by atoms with Gasteiger partial charge in [-0.3, -0.25) is 9.59 Å². The molecule has 1 saturated heterocycles. The summed E-state index contributed by atoms with van der Waals surface area (Å²) in [5, 5.41) is 17.6. The number of carbonyl (C=O) groups excluding carboxylic acids is 1. The molecule has 1 aliphatic heterocycles. The lowest BCUT2D eigenvalue weighted by atomic mass is 10.1. The van der Waals surface area contributed by atoms with Crippen molar-refractivity contribution in [3.05, 3.63) is 35.4 Å². The third-order valence-electron chi connectivity index (χ3n) is 3.27. The molecule has 0 saturated carbocycles. The van der Waals surface area contributed by atoms with Crippen molar-refractivity contribution in [1.82, 2.24) is 4.90 Å². The third-order valence-corrected chi connectivity index (χ3v) is 3.27. The standard InChI is InChI=1S/C14H14N2O3/c15-8-10-2-1-3-12(6-10)14(19)16-5-4-11(9-16)7-13(17)18/h1-3,6,11H,4-5,7,9H2,(H,17,18). The number of nitrogens with zero attached hydrogens (tertiary/aromatic N) is 2. The summed E-state index contributed by atoms with van der Waals surface area (Å²) >= 11 is 0. The van der Waals surface area contributed by atoms with Crippen LogP contribution >= 0.6 is 0 Å². The number of hydrogen-bond acceptors (Lipinski definition) is 3. The summed E-state index contributed by atoms with van der Waals surface area (Å²) in [6.07, 6.45) is 0.817. The maximum atomic E-state index is 12.2. The van der Waals surface area contributed by atoms with Gasteiger partial charge in [0.15, 0.2) is 0 Å². The van der Waals surface area contributed by atoms with Crippen molar-refractivity contribution in [2.24, 2.45) is 5.92 Å². The maximum Gasteiger partial charge on any atom is 0.303 e. The Hall–Kier alpha value is -2.35. The Labute approximate surface area is 111 Å². The lowest BCUT2D eigenvalue weighted by molar-refractivity contribution is -0.138. The normalized spacial score (nSPS) is 18.1. The molecule has 1 heterocycles. The van der Waals surface area contributed by atoms with Crippen LogP contribution in [0, 0.1) is 17.2 Å². The molecule has 1 aromatic rings. The predicted molar refractivity (Wildman–Crippen MR) is 67.4 cm³/mol. The van der Waals surface area contributed by atoms with Gasteiger partial charge in [0.25, 0.3) is 5.91 Å². The Morgan fingerprint density at radius 3 is 2.95 bits per heavy atom. The first-order valence-electron chi connectivity index (χ1n) is 6.11. The van der Waals surface area contributed by atoms with E-state index in [-0.39, 0.29) is 18.2 Å². The van der Waals surface area contributed by atoms with Gasteiger partial charge in [-0.15, -0.1) is 0 Å². The second-order valence-electron chi connectivity index (χ2n) is 4.70. The first-order chi connectivity index (χ1) is 9.10. The fraction of sp³-hybridized carbons (Fsp3) is 0.357. The predicted octanol–water partition coefficient (Wildman–Crippen LogP) is 1.50. The molecular weight excluding hydrogens is 244 g/mol. The number of amides is 1. The average molecular weight is 258 g/mol. The van der Waals surface area contributed by atoms with E-state index in [9.17, 15) is 9.59 Å². The van der Waals surface area contributed by atoms with E-state index >= 15 is 0 Å². The highest BCUT2D eigenvalue weighted by Crippen LogP contribution is 2.21. The quantitative estimate of drug-likeness (QED) is 0.890. The van der Waals surface area contributed by atoms with Gasteiger partial charge in [0.05, 0.1) is 11.6 Å². The van der Waals surface area contributed by atoms with Crippen molar-refractivity contribution in [1.29, 1.82) is 5.26 Å². The smallest absolute Gasteiger partial charge is 0.303 e. The molecule has 0 radical (unpaired) electrons. The summed E-state index contributed by atoms with van der Waals surface area (Å²) in [7, 11) is 0. The molecular formula is C14H14N2O3. The zero-order valence-corrected chi connectivity index (χ0v) is 10.4. The van der Waals surface area contributed by atoms with Gasteiger partial charge in [0.2, 0.25) is 0 Å². The highest BCUT2D eigenvalue weighted by molar-refractivity contribution is 5.94. The number of hydrogen-bond donors (Lipinski definition) is 1. The molecule has 0 spiro atoms. The third kappa shape index (κ3) is 3.10. The van der Waals surface area contributed by atoms with E-state index in [0.717, 1.165) is 6.42 Å². The number of carboxylic acid groups (broad SMARTS) is 1. The Morgan fingerprint density at radius 1 is 1.47 bits per heavy atom. The largest absolute Gasteiger partial charge is 0.481 e. The minimum absolute atomic E-state index is 0.0283. The minimum Gasteiger partial charge on any atom is -0.481 e. The Morgan fingerprint density at radius 2 is 2.26 bits per heavy atom. The van der Waals surface area contributed by atoms with Crippen molar-refractivity contribution in [2.45, 2.75) is 12.8 Å². The summed E-state index contributed by atoms with van der Waals surface area (Å²) in [4.78, 5) is 24.5. The maximum absolute atomic E-state index is 12.2. The molecule has 1 N–H and O–H groups in total. The molecule has 1 unspecified atom stereocenters. The molecule has 19 heavy (non-hydrogen) atoms. The van der Waals surface area contributed by atoms with Crippen LogP contribution < -0.4 is 0 Å². The van der Waals surface area contributed by atoms with Crippen LogP contribution in [0.1, 0.15) is 28.8 Å². The fourth-order valence-electron chi connectivity index (χ4n) is 2.34. The second kappa shape index (κ2) is 5.53. The number of rotatable bonds is 3. The molecule has 5 nitrogen and oxygen atoms in total. The molecule has 2 rings (SSSR count). The number of nitriles is 1. The van der Waals surface area contributed by atoms with Gasteiger partial charge >= 0.3 is 5.97 Å². The number of likely N-dealkylation sites (tertiary alicyclic amines) is 1. The summed E-state index contributed by atoms with van der Waals surface area (Å²) in [6.45, 7) is 1.05. The first kappa shape index (κ1) is 13.1. The fourth-order valence-corrected chi connectivity index (χ4v) is 2.34. The number of benzene rings is 1. The van der Waals surface area contributed by atoms with Crippen LogP contribution in [0.15, 0.2) is 24.3 Å². The lowest BCUT2D eigenvalue weighted by Gasteiger charge is -2.16. The molecule has 0 aromatic heterocycles. The lowest BCUT2D eigenvalue weighted by Crippen LogP contribution is -2.29. The van der Waals surface area contributed by atoms with Crippen LogP contribution in [0.5, 0.6) is 0 Å². The monoisotopic (exact) mass is 258 g/mol. The SMILES string of the molecule is N#Cc1cccc(C(=O)N2CCC(CC(=O)O)C2)c1. The zero-order chi connectivity index (χ0) is 13.8. The van der Waals surface area contributed by atoms with Crippen LogP contribution in [0.3, 0.4) is 0 Å². The van der Waals surface area contributed by atoms with E-state index in [1.807, 2.05) is 6.07 Å². The van der Waals surface area contributed by atoms with Crippen LogP contribution in [0.25, 0.3) is 0 Å². The van der Waals surface area contributed by atoms with E-state index in [2.05, 4.69) is 0 Å². The van der Waals surface area contributed by atoms with E-state index in [0.29, 0.717) is 24.2 Å². The minimum atomic E-state index is -0.828. The Kier molecular flexibility index (Phi) is 3.81. The number of carbonyl (C=O) groups is 2. The molecule has 0 bridgehead atoms. The van der Waals surface area contributed by atoms with Gasteiger partial charge < -0.3 is 10.0 Å². The van der Waals surface area contributed by atoms with Gasteiger partial charge in [0, 0.05) is 25.1 Å². The molecule has 1 aromatic carbocycles. The summed E-state index contributed by atoms with van der Waals surface area (Å²) < 4.78 is 0. The van der Waals surface area contributed by atoms with Crippen LogP contribution in [-0.2, 0) is 4.79 Å². The molecule has 1 atom stereocenters. The van der Waals surface area contributed by atoms with E-state index in [1.165, 1.54) is 0 Å². The highest BCUT2D eigenvalue weighted by Gasteiger charge is 2.28. The van der Waals surface area contributed by atoms with Crippen LogP contribution in [-0.4, -0.2) is 35.0 Å². The summed E-state index contributed by atoms with van der Waals surface area (Å²) in [5.41, 5.74) is 0.933. The van der Waals surface area contributed by atoms with Gasteiger partial charge in [-0.05, 0) is 30.5 Å². The highest BCUT2D eigenvalue weighted by atomic mass is 16.4. The van der Waals surface area contributed by atoms with Crippen molar-refractivity contribution in [3.63, 3.8) is 0 Å². The number of carboxylic acids is 1. The topological polar surface area (TPSA) is 81.4 Å². The molecule has 1 amide bonds. The average Bonchev–Trinajstić information content (AvgIpc) is 2.85. The van der Waals surface area contributed by atoms with Crippen molar-refractivity contribution in [3.8, 4) is 6.07 Å². The summed E-state index contributed by atoms with van der Waals surface area (Å²) in [5.74, 6) is -0.934. The van der Waals surface area contributed by atoms with E-state index in [4.69, 9.17) is 10.4 Å². The van der Waals surface area contributed by atoms with Gasteiger partial charge in [-0.25, -0.2) is 0 Å². The van der Waals surface area contributed by atoms with Gasteiger partial charge in [-0.1, -0.05) is 6.07 Å². The van der Waals surface area contributed by atoms with Gasteiger partial charge in [0.1, 0.15) is 0 Å². The molecule has 1 aliphatic rings. The van der Waals surface area contributed by atoms with E-state index in [1.54, 1.807) is 29.2 Å². The van der Waals surface area contributed by atoms with Crippen molar-refractivity contribution < 1.29 is 14.7 Å². The molecule has 1 fully saturated rings. The summed E-state index contributed by atoms with van der Waals surface area (Å²) in [6, 6.07) is 8.56.